The van der Waals surface area contributed by atoms with Crippen LogP contribution in [0.25, 0.3) is 0 Å². The molecule has 1 aliphatic heterocycles. The SMILES string of the molecule is CCC1(c2ccccc2)NC(=O)N(NC(=O)CN(C)Cc2cc(Br)ccc2OC)C1=O. The molecule has 0 radical (unpaired) electrons. The van der Waals surface area contributed by atoms with Crippen LogP contribution in [-0.2, 0) is 21.7 Å². The Kier molecular flexibility index (Phi) is 6.97. The number of hydrogen-bond acceptors (Lipinski definition) is 5. The maximum Gasteiger partial charge on any atom is 0.344 e. The van der Waals surface area contributed by atoms with E-state index in [1.54, 1.807) is 43.3 Å². The molecular weight excluding hydrogens is 464 g/mol. The van der Waals surface area contributed by atoms with Crippen molar-refractivity contribution in [3.8, 4) is 5.75 Å². The summed E-state index contributed by atoms with van der Waals surface area (Å²) in [7, 11) is 3.36. The first-order valence-corrected chi connectivity index (χ1v) is 10.6. The highest BCUT2D eigenvalue weighted by molar-refractivity contribution is 9.10. The molecule has 1 heterocycles. The highest BCUT2D eigenvalue weighted by atomic mass is 79.9. The average Bonchev–Trinajstić information content (AvgIpc) is 2.99. The number of methoxy groups -OCH3 is 1. The second-order valence-electron chi connectivity index (χ2n) is 7.36. The van der Waals surface area contributed by atoms with Gasteiger partial charge in [-0.15, -0.1) is 0 Å². The van der Waals surface area contributed by atoms with Gasteiger partial charge in [-0.05, 0) is 37.2 Å². The molecule has 0 aromatic heterocycles. The minimum atomic E-state index is -1.19. The van der Waals surface area contributed by atoms with E-state index in [0.29, 0.717) is 24.3 Å². The van der Waals surface area contributed by atoms with Crippen molar-refractivity contribution < 1.29 is 19.1 Å². The summed E-state index contributed by atoms with van der Waals surface area (Å²) in [5.74, 6) is -0.268. The van der Waals surface area contributed by atoms with Crippen molar-refractivity contribution in [1.29, 1.82) is 0 Å². The van der Waals surface area contributed by atoms with Crippen LogP contribution in [0.1, 0.15) is 24.5 Å². The highest BCUT2D eigenvalue weighted by Crippen LogP contribution is 2.31. The van der Waals surface area contributed by atoms with E-state index in [-0.39, 0.29) is 6.54 Å². The normalized spacial score (nSPS) is 18.3. The lowest BCUT2D eigenvalue weighted by Gasteiger charge is -2.25. The number of likely N-dealkylation sites (N-methyl/N-ethyl adjacent to an activating group) is 1. The largest absolute Gasteiger partial charge is 0.496 e. The Balaban J connectivity index is 1.67. The third kappa shape index (κ3) is 4.72. The summed E-state index contributed by atoms with van der Waals surface area (Å²) >= 11 is 3.43. The van der Waals surface area contributed by atoms with Gasteiger partial charge in [0.1, 0.15) is 11.3 Å². The average molecular weight is 489 g/mol. The molecule has 1 fully saturated rings. The van der Waals surface area contributed by atoms with Crippen LogP contribution in [0, 0.1) is 0 Å². The lowest BCUT2D eigenvalue weighted by molar-refractivity contribution is -0.139. The zero-order valence-electron chi connectivity index (χ0n) is 17.6. The van der Waals surface area contributed by atoms with E-state index in [1.165, 1.54) is 0 Å². The van der Waals surface area contributed by atoms with Gasteiger partial charge in [-0.3, -0.25) is 19.9 Å². The number of nitrogens with zero attached hydrogens (tertiary/aromatic N) is 2. The van der Waals surface area contributed by atoms with Crippen molar-refractivity contribution >= 4 is 33.8 Å². The van der Waals surface area contributed by atoms with E-state index in [9.17, 15) is 14.4 Å². The predicted octanol–water partition coefficient (Wildman–Crippen LogP) is 2.78. The number of amides is 4. The molecule has 2 N–H and O–H groups in total. The van der Waals surface area contributed by atoms with Crippen molar-refractivity contribution in [3.05, 3.63) is 64.1 Å². The van der Waals surface area contributed by atoms with Crippen molar-refractivity contribution in [3.63, 3.8) is 0 Å². The molecule has 1 unspecified atom stereocenters. The molecule has 31 heavy (non-hydrogen) atoms. The standard InChI is InChI=1S/C22H25BrN4O4/c1-4-22(16-8-6-5-7-9-16)20(29)27(21(30)24-22)25-19(28)14-26(2)13-15-12-17(23)10-11-18(15)31-3/h5-12H,4,13-14H2,1-3H3,(H,24,30)(H,25,28). The van der Waals surface area contributed by atoms with Crippen molar-refractivity contribution in [1.82, 2.24) is 20.7 Å². The van der Waals surface area contributed by atoms with Crippen LogP contribution >= 0.6 is 15.9 Å². The number of hydrogen-bond donors (Lipinski definition) is 2. The van der Waals surface area contributed by atoms with Gasteiger partial charge in [0, 0.05) is 16.6 Å². The minimum Gasteiger partial charge on any atom is -0.496 e. The zero-order chi connectivity index (χ0) is 22.6. The lowest BCUT2D eigenvalue weighted by Crippen LogP contribution is -2.50. The van der Waals surface area contributed by atoms with E-state index >= 15 is 0 Å². The maximum atomic E-state index is 13.1. The first-order chi connectivity index (χ1) is 14.8. The molecule has 9 heteroatoms. The summed E-state index contributed by atoms with van der Waals surface area (Å²) in [6.45, 7) is 2.24. The predicted molar refractivity (Wildman–Crippen MR) is 119 cm³/mol. The monoisotopic (exact) mass is 488 g/mol. The summed E-state index contributed by atoms with van der Waals surface area (Å²) < 4.78 is 6.27. The second-order valence-corrected chi connectivity index (χ2v) is 8.27. The molecule has 4 amide bonds. The van der Waals surface area contributed by atoms with Crippen LogP contribution in [0.3, 0.4) is 0 Å². The molecule has 3 rings (SSSR count). The number of imide groups is 1. The lowest BCUT2D eigenvalue weighted by atomic mass is 9.87. The number of urea groups is 1. The fraction of sp³-hybridized carbons (Fsp3) is 0.318. The van der Waals surface area contributed by atoms with Gasteiger partial charge in [0.05, 0.1) is 13.7 Å². The third-order valence-corrected chi connectivity index (χ3v) is 5.71. The molecule has 0 aliphatic carbocycles. The van der Waals surface area contributed by atoms with Crippen LogP contribution < -0.4 is 15.5 Å². The molecule has 164 valence electrons. The number of benzene rings is 2. The van der Waals surface area contributed by atoms with E-state index in [0.717, 1.165) is 15.0 Å². The van der Waals surface area contributed by atoms with Gasteiger partial charge < -0.3 is 10.1 Å². The maximum absolute atomic E-state index is 13.1. The molecule has 1 aliphatic rings. The van der Waals surface area contributed by atoms with E-state index in [2.05, 4.69) is 26.7 Å². The van der Waals surface area contributed by atoms with E-state index in [1.807, 2.05) is 31.2 Å². The fourth-order valence-corrected chi connectivity index (χ4v) is 4.07. The Morgan fingerprint density at radius 1 is 1.23 bits per heavy atom. The molecule has 8 nitrogen and oxygen atoms in total. The molecule has 1 saturated heterocycles. The smallest absolute Gasteiger partial charge is 0.344 e. The molecule has 2 aromatic carbocycles. The Morgan fingerprint density at radius 3 is 2.58 bits per heavy atom. The zero-order valence-corrected chi connectivity index (χ0v) is 19.2. The summed E-state index contributed by atoms with van der Waals surface area (Å²) in [6, 6.07) is 14.0. The number of nitrogens with one attached hydrogen (secondary N) is 2. The molecular formula is C22H25BrN4O4. The Morgan fingerprint density at radius 2 is 1.94 bits per heavy atom. The van der Waals surface area contributed by atoms with Crippen LogP contribution in [0.15, 0.2) is 53.0 Å². The van der Waals surface area contributed by atoms with Crippen LogP contribution in [0.5, 0.6) is 5.75 Å². The number of carbonyl (C=O) groups excluding carboxylic acids is 3. The van der Waals surface area contributed by atoms with Crippen molar-refractivity contribution in [2.75, 3.05) is 20.7 Å². The highest BCUT2D eigenvalue weighted by Gasteiger charge is 2.52. The minimum absolute atomic E-state index is 0.0167. The van der Waals surface area contributed by atoms with Gasteiger partial charge in [-0.2, -0.15) is 5.01 Å². The van der Waals surface area contributed by atoms with E-state index < -0.39 is 23.4 Å². The second kappa shape index (κ2) is 9.49. The van der Waals surface area contributed by atoms with Crippen LogP contribution in [0.2, 0.25) is 0 Å². The Hall–Kier alpha value is -2.91. The number of halogens is 1. The topological polar surface area (TPSA) is 91.0 Å². The first kappa shape index (κ1) is 22.8. The van der Waals surface area contributed by atoms with E-state index in [4.69, 9.17) is 4.74 Å². The number of carbonyl (C=O) groups is 3. The van der Waals surface area contributed by atoms with Gasteiger partial charge in [0.15, 0.2) is 0 Å². The van der Waals surface area contributed by atoms with Gasteiger partial charge in [0.2, 0.25) is 0 Å². The van der Waals surface area contributed by atoms with Gasteiger partial charge in [-0.1, -0.05) is 53.2 Å². The molecule has 0 saturated carbocycles. The van der Waals surface area contributed by atoms with Crippen LogP contribution in [-0.4, -0.2) is 48.5 Å². The molecule has 2 aromatic rings. The first-order valence-electron chi connectivity index (χ1n) is 9.83. The summed E-state index contributed by atoms with van der Waals surface area (Å²) in [5.41, 5.74) is 2.82. The summed E-state index contributed by atoms with van der Waals surface area (Å²) in [6.07, 6.45) is 0.358. The Bertz CT molecular complexity index is 985. The van der Waals surface area contributed by atoms with Gasteiger partial charge >= 0.3 is 6.03 Å². The van der Waals surface area contributed by atoms with Gasteiger partial charge in [0.25, 0.3) is 11.8 Å². The van der Waals surface area contributed by atoms with Crippen molar-refractivity contribution in [2.45, 2.75) is 25.4 Å². The number of rotatable bonds is 8. The summed E-state index contributed by atoms with van der Waals surface area (Å²) in [4.78, 5) is 40.0. The Labute approximate surface area is 189 Å². The molecule has 0 bridgehead atoms. The molecule has 0 spiro atoms. The fourth-order valence-electron chi connectivity index (χ4n) is 3.66. The molecule has 1 atom stereocenters. The van der Waals surface area contributed by atoms with Gasteiger partial charge in [-0.25, -0.2) is 4.79 Å². The quantitative estimate of drug-likeness (QED) is 0.557. The van der Waals surface area contributed by atoms with Crippen molar-refractivity contribution in [2.24, 2.45) is 0 Å². The summed E-state index contributed by atoms with van der Waals surface area (Å²) in [5, 5.41) is 3.51. The number of ether oxygens (including phenoxy) is 1. The third-order valence-electron chi connectivity index (χ3n) is 5.22. The van der Waals surface area contributed by atoms with Crippen LogP contribution in [0.4, 0.5) is 4.79 Å². The number of hydrazine groups is 1.